The molecule has 0 fully saturated rings. The highest BCUT2D eigenvalue weighted by Crippen LogP contribution is 2.30. The van der Waals surface area contributed by atoms with Crippen molar-refractivity contribution in [2.24, 2.45) is 0 Å². The lowest BCUT2D eigenvalue weighted by Crippen LogP contribution is -2.16. The van der Waals surface area contributed by atoms with Gasteiger partial charge in [-0.1, -0.05) is 18.5 Å². The van der Waals surface area contributed by atoms with E-state index in [1.54, 1.807) is 30.6 Å². The number of nitrogen functional groups attached to an aromatic ring is 1. The number of carbonyl (C=O) groups is 1. The molecule has 1 amide bonds. The highest BCUT2D eigenvalue weighted by molar-refractivity contribution is 6.32. The number of hydrogen-bond acceptors (Lipinski definition) is 7. The van der Waals surface area contributed by atoms with E-state index < -0.39 is 5.91 Å². The first-order valence-corrected chi connectivity index (χ1v) is 8.10. The fourth-order valence-corrected chi connectivity index (χ4v) is 2.27. The number of nitrogens with two attached hydrogens (primary N) is 1. The minimum Gasteiger partial charge on any atom is -0.423 e. The van der Waals surface area contributed by atoms with Crippen LogP contribution in [0.2, 0.25) is 5.02 Å². The maximum atomic E-state index is 12.2. The van der Waals surface area contributed by atoms with Gasteiger partial charge in [0, 0.05) is 30.5 Å². The van der Waals surface area contributed by atoms with E-state index in [0.717, 1.165) is 12.0 Å². The number of aromatic nitrogens is 4. The molecular formula is C17H15ClN6O2. The lowest BCUT2D eigenvalue weighted by Gasteiger charge is -2.09. The van der Waals surface area contributed by atoms with Crippen molar-refractivity contribution in [3.63, 3.8) is 0 Å². The van der Waals surface area contributed by atoms with Gasteiger partial charge in [-0.2, -0.15) is 0 Å². The van der Waals surface area contributed by atoms with E-state index in [1.165, 1.54) is 12.4 Å². The fraction of sp³-hybridized carbons (Fsp3) is 0.118. The van der Waals surface area contributed by atoms with E-state index in [9.17, 15) is 4.79 Å². The molecule has 8 nitrogen and oxygen atoms in total. The quantitative estimate of drug-likeness (QED) is 0.708. The predicted octanol–water partition coefficient (Wildman–Crippen LogP) is 3.11. The van der Waals surface area contributed by atoms with Gasteiger partial charge in [-0.3, -0.25) is 4.79 Å². The zero-order valence-corrected chi connectivity index (χ0v) is 14.6. The number of nitrogens with zero attached hydrogens (tertiary/aromatic N) is 4. The van der Waals surface area contributed by atoms with Crippen LogP contribution in [-0.4, -0.2) is 25.8 Å². The van der Waals surface area contributed by atoms with Gasteiger partial charge < -0.3 is 15.8 Å². The van der Waals surface area contributed by atoms with Crippen LogP contribution in [0.5, 0.6) is 11.8 Å². The summed E-state index contributed by atoms with van der Waals surface area (Å²) in [4.78, 5) is 28.2. The van der Waals surface area contributed by atoms with Crippen molar-refractivity contribution in [3.8, 4) is 11.8 Å². The number of halogens is 1. The van der Waals surface area contributed by atoms with Crippen molar-refractivity contribution in [1.82, 2.24) is 19.9 Å². The topological polar surface area (TPSA) is 116 Å². The lowest BCUT2D eigenvalue weighted by atomic mass is 10.3. The van der Waals surface area contributed by atoms with Crippen molar-refractivity contribution < 1.29 is 9.53 Å². The van der Waals surface area contributed by atoms with Gasteiger partial charge in [-0.15, -0.1) is 0 Å². The fourth-order valence-electron chi connectivity index (χ4n) is 2.05. The molecule has 0 radical (unpaired) electrons. The molecule has 9 heteroatoms. The molecule has 3 aromatic rings. The molecule has 132 valence electrons. The minimum atomic E-state index is -0.487. The summed E-state index contributed by atoms with van der Waals surface area (Å²) < 4.78 is 5.56. The molecule has 2 heterocycles. The molecule has 3 rings (SSSR count). The molecule has 0 spiro atoms. The molecular weight excluding hydrogens is 356 g/mol. The van der Waals surface area contributed by atoms with Gasteiger partial charge in [0.1, 0.15) is 5.75 Å². The molecule has 0 aliphatic carbocycles. The summed E-state index contributed by atoms with van der Waals surface area (Å²) in [6.45, 7) is 2.01. The maximum absolute atomic E-state index is 12.2. The number of carbonyl (C=O) groups excluding carboxylic acids is 1. The van der Waals surface area contributed by atoms with Crippen molar-refractivity contribution in [2.75, 3.05) is 11.1 Å². The highest BCUT2D eigenvalue weighted by atomic mass is 35.5. The number of benzene rings is 1. The van der Waals surface area contributed by atoms with Crippen molar-refractivity contribution in [2.45, 2.75) is 13.3 Å². The smallest absolute Gasteiger partial charge is 0.321 e. The van der Waals surface area contributed by atoms with Gasteiger partial charge >= 0.3 is 6.01 Å². The molecule has 0 aliphatic heterocycles. The Labute approximate surface area is 154 Å². The number of rotatable bonds is 5. The van der Waals surface area contributed by atoms with E-state index in [1.807, 2.05) is 6.92 Å². The molecule has 0 bridgehead atoms. The zero-order chi connectivity index (χ0) is 18.5. The summed E-state index contributed by atoms with van der Waals surface area (Å²) in [5.41, 5.74) is 7.14. The Morgan fingerprint density at radius 1 is 1.19 bits per heavy atom. The lowest BCUT2D eigenvalue weighted by molar-refractivity contribution is 0.102. The molecule has 0 unspecified atom stereocenters. The zero-order valence-electron chi connectivity index (χ0n) is 13.8. The molecule has 0 atom stereocenters. The Bertz CT molecular complexity index is 933. The molecule has 0 aliphatic rings. The van der Waals surface area contributed by atoms with Crippen LogP contribution in [0.3, 0.4) is 0 Å². The van der Waals surface area contributed by atoms with Gasteiger partial charge in [0.05, 0.1) is 5.02 Å². The van der Waals surface area contributed by atoms with E-state index in [2.05, 4.69) is 25.3 Å². The van der Waals surface area contributed by atoms with Crippen LogP contribution in [0.15, 0.2) is 43.0 Å². The molecule has 3 N–H and O–H groups in total. The first-order valence-electron chi connectivity index (χ1n) is 7.73. The predicted molar refractivity (Wildman–Crippen MR) is 97.3 cm³/mol. The Balaban J connectivity index is 1.72. The summed E-state index contributed by atoms with van der Waals surface area (Å²) in [5.74, 6) is -0.0736. The number of hydrogen-bond donors (Lipinski definition) is 2. The standard InChI is InChI=1S/C17H15ClN6O2/c1-2-10-8-22-17(23-9-10)26-13-4-3-11(7-12(13)18)24-16(25)14-15(19)21-6-5-20-14/h3-9H,2H2,1H3,(H2,19,21)(H,24,25). The number of nitrogens with one attached hydrogen (secondary N) is 1. The molecule has 2 aromatic heterocycles. The van der Waals surface area contributed by atoms with Gasteiger partial charge in [0.25, 0.3) is 5.91 Å². The van der Waals surface area contributed by atoms with Crippen LogP contribution in [0.1, 0.15) is 23.0 Å². The van der Waals surface area contributed by atoms with Gasteiger partial charge in [-0.25, -0.2) is 19.9 Å². The Hall–Kier alpha value is -3.26. The normalized spacial score (nSPS) is 10.4. The molecule has 0 saturated carbocycles. The first-order chi connectivity index (χ1) is 12.6. The number of aryl methyl sites for hydroxylation is 1. The van der Waals surface area contributed by atoms with Crippen LogP contribution in [0, 0.1) is 0 Å². The summed E-state index contributed by atoms with van der Waals surface area (Å²) in [6.07, 6.45) is 7.02. The first kappa shape index (κ1) is 17.6. The molecule has 26 heavy (non-hydrogen) atoms. The number of amides is 1. The summed E-state index contributed by atoms with van der Waals surface area (Å²) in [6, 6.07) is 4.97. The number of anilines is 2. The third kappa shape index (κ3) is 4.04. The van der Waals surface area contributed by atoms with Gasteiger partial charge in [0.15, 0.2) is 11.5 Å². The second-order valence-electron chi connectivity index (χ2n) is 5.22. The van der Waals surface area contributed by atoms with Crippen molar-refractivity contribution >= 4 is 29.0 Å². The van der Waals surface area contributed by atoms with Crippen LogP contribution < -0.4 is 15.8 Å². The van der Waals surface area contributed by atoms with E-state index in [0.29, 0.717) is 11.4 Å². The van der Waals surface area contributed by atoms with Crippen LogP contribution >= 0.6 is 11.6 Å². The van der Waals surface area contributed by atoms with Gasteiger partial charge in [-0.05, 0) is 30.2 Å². The van der Waals surface area contributed by atoms with Crippen LogP contribution in [0.4, 0.5) is 11.5 Å². The number of ether oxygens (including phenoxy) is 1. The second kappa shape index (κ2) is 7.75. The van der Waals surface area contributed by atoms with E-state index in [4.69, 9.17) is 22.1 Å². The monoisotopic (exact) mass is 370 g/mol. The Morgan fingerprint density at radius 2 is 1.92 bits per heavy atom. The minimum absolute atomic E-state index is 0.0355. The SMILES string of the molecule is CCc1cnc(Oc2ccc(NC(=O)c3nccnc3N)cc2Cl)nc1. The Kier molecular flexibility index (Phi) is 5.23. The van der Waals surface area contributed by atoms with Gasteiger partial charge in [0.2, 0.25) is 0 Å². The van der Waals surface area contributed by atoms with Crippen LogP contribution in [0.25, 0.3) is 0 Å². The average molecular weight is 371 g/mol. The summed E-state index contributed by atoms with van der Waals surface area (Å²) in [7, 11) is 0. The van der Waals surface area contributed by atoms with Crippen molar-refractivity contribution in [1.29, 1.82) is 0 Å². The van der Waals surface area contributed by atoms with E-state index >= 15 is 0 Å². The average Bonchev–Trinajstić information content (AvgIpc) is 2.65. The maximum Gasteiger partial charge on any atom is 0.321 e. The summed E-state index contributed by atoms with van der Waals surface area (Å²) >= 11 is 6.21. The Morgan fingerprint density at radius 3 is 2.58 bits per heavy atom. The third-order valence-electron chi connectivity index (χ3n) is 3.42. The third-order valence-corrected chi connectivity index (χ3v) is 3.72. The second-order valence-corrected chi connectivity index (χ2v) is 5.63. The largest absolute Gasteiger partial charge is 0.423 e. The molecule has 1 aromatic carbocycles. The molecule has 0 saturated heterocycles. The highest BCUT2D eigenvalue weighted by Gasteiger charge is 2.13. The van der Waals surface area contributed by atoms with Crippen molar-refractivity contribution in [3.05, 3.63) is 59.3 Å². The van der Waals surface area contributed by atoms with E-state index in [-0.39, 0.29) is 22.5 Å². The summed E-state index contributed by atoms with van der Waals surface area (Å²) in [5, 5.41) is 2.94. The van der Waals surface area contributed by atoms with Crippen LogP contribution in [-0.2, 0) is 6.42 Å².